The molecule has 0 N–H and O–H groups in total. The van der Waals surface area contributed by atoms with Crippen molar-refractivity contribution in [1.29, 1.82) is 0 Å². The summed E-state index contributed by atoms with van der Waals surface area (Å²) >= 11 is 0. The van der Waals surface area contributed by atoms with E-state index in [-0.39, 0.29) is 5.41 Å². The van der Waals surface area contributed by atoms with Gasteiger partial charge in [0.05, 0.1) is 5.71 Å². The smallest absolute Gasteiger partial charge is 0.184 e. The number of oxime groups is 1. The van der Waals surface area contributed by atoms with Crippen molar-refractivity contribution in [1.82, 2.24) is 0 Å². The molecule has 3 unspecified atom stereocenters. The topological polar surface area (TPSA) is 40.0 Å². The van der Waals surface area contributed by atoms with Crippen LogP contribution >= 0.6 is 0 Å². The third-order valence-corrected chi connectivity index (χ3v) is 12.3. The molecule has 0 saturated heterocycles. The molecule has 4 aliphatic rings. The molecule has 4 saturated carbocycles. The molecule has 4 fully saturated rings. The van der Waals surface area contributed by atoms with Gasteiger partial charge in [0.25, 0.3) is 0 Å². The maximum atomic E-state index is 6.68. The summed E-state index contributed by atoms with van der Waals surface area (Å²) in [5, 5.41) is 4.82. The van der Waals surface area contributed by atoms with Crippen LogP contribution in [0.4, 0.5) is 0 Å². The zero-order chi connectivity index (χ0) is 25.1. The molecular weight excluding hydrogens is 454 g/mol. The Balaban J connectivity index is 1.60. The predicted octanol–water partition coefficient (Wildman–Crippen LogP) is 7.72. The SMILES string of the molecule is CON=C1C[C@@]2(C)C(CC[C@@H]2[C@@H](C)O[Si](C)(C)C)C2CC[C@@H]3C[C@@H](O[Si](C)(C)C)CC[C@]3(C)C12. The highest BCUT2D eigenvalue weighted by Gasteiger charge is 2.63. The summed E-state index contributed by atoms with van der Waals surface area (Å²) in [5.74, 6) is 3.48. The fourth-order valence-electron chi connectivity index (χ4n) is 9.33. The van der Waals surface area contributed by atoms with E-state index in [1.807, 2.05) is 0 Å². The van der Waals surface area contributed by atoms with E-state index in [0.29, 0.717) is 29.5 Å². The number of nitrogens with zero attached hydrogens (tertiary/aromatic N) is 1. The maximum absolute atomic E-state index is 6.68. The van der Waals surface area contributed by atoms with Crippen LogP contribution in [0.5, 0.6) is 0 Å². The Morgan fingerprint density at radius 3 is 2.24 bits per heavy atom. The molecule has 0 bridgehead atoms. The molecule has 0 radical (unpaired) electrons. The first-order chi connectivity index (χ1) is 15.7. The number of hydrogen-bond donors (Lipinski definition) is 0. The van der Waals surface area contributed by atoms with E-state index in [9.17, 15) is 0 Å². The van der Waals surface area contributed by atoms with Gasteiger partial charge in [-0.15, -0.1) is 0 Å². The van der Waals surface area contributed by atoms with Crippen LogP contribution < -0.4 is 0 Å². The highest BCUT2D eigenvalue weighted by molar-refractivity contribution is 6.70. The normalized spacial score (nSPS) is 44.8. The van der Waals surface area contributed by atoms with Crippen molar-refractivity contribution in [2.45, 2.75) is 124 Å². The maximum Gasteiger partial charge on any atom is 0.184 e. The molecule has 9 atom stereocenters. The van der Waals surface area contributed by atoms with Crippen LogP contribution in [0.1, 0.15) is 72.1 Å². The first-order valence-corrected chi connectivity index (χ1v) is 20.9. The zero-order valence-electron chi connectivity index (χ0n) is 23.9. The standard InChI is InChI=1S/C28H53NO3Si2/c1-19(31-33(5,6)7)23-13-14-24-22-12-11-20-17-21(32-34(8,9)10)15-16-27(20,2)26(22)25(29-30-4)18-28(23,24)3/h19-24,26H,11-18H2,1-10H3/t19-,20-,21+,22?,23-,24?,26?,27+,28-/m1/s1. The Kier molecular flexibility index (Phi) is 7.34. The lowest BCUT2D eigenvalue weighted by molar-refractivity contribution is -0.0867. The van der Waals surface area contributed by atoms with Crippen LogP contribution in [0, 0.1) is 40.4 Å². The average molecular weight is 508 g/mol. The van der Waals surface area contributed by atoms with Crippen LogP contribution in [0.2, 0.25) is 39.3 Å². The molecule has 4 nitrogen and oxygen atoms in total. The van der Waals surface area contributed by atoms with Gasteiger partial charge in [-0.05, 0) is 132 Å². The third-order valence-electron chi connectivity index (χ3n) is 10.2. The van der Waals surface area contributed by atoms with Crippen molar-refractivity contribution in [3.8, 4) is 0 Å². The largest absolute Gasteiger partial charge is 0.415 e. The second-order valence-electron chi connectivity index (χ2n) is 14.7. The Bertz CT molecular complexity index is 775. The molecular formula is C28H53NO3Si2. The van der Waals surface area contributed by atoms with Crippen LogP contribution in [-0.2, 0) is 13.7 Å². The molecule has 0 aromatic carbocycles. The first kappa shape index (κ1) is 26.9. The van der Waals surface area contributed by atoms with Crippen LogP contribution in [-0.4, -0.2) is 41.7 Å². The lowest BCUT2D eigenvalue weighted by Crippen LogP contribution is -2.58. The van der Waals surface area contributed by atoms with Gasteiger partial charge in [-0.2, -0.15) is 0 Å². The van der Waals surface area contributed by atoms with E-state index in [0.717, 1.165) is 24.2 Å². The molecule has 0 spiro atoms. The highest BCUT2D eigenvalue weighted by atomic mass is 28.4. The van der Waals surface area contributed by atoms with E-state index < -0.39 is 16.6 Å². The zero-order valence-corrected chi connectivity index (χ0v) is 25.9. The summed E-state index contributed by atoms with van der Waals surface area (Å²) in [6.45, 7) is 21.6. The summed E-state index contributed by atoms with van der Waals surface area (Å²) in [6, 6.07) is 0. The summed E-state index contributed by atoms with van der Waals surface area (Å²) in [7, 11) is -1.32. The van der Waals surface area contributed by atoms with Crippen LogP contribution in [0.25, 0.3) is 0 Å². The molecule has 0 aliphatic heterocycles. The molecule has 6 heteroatoms. The minimum absolute atomic E-state index is 0.277. The summed E-state index contributed by atoms with van der Waals surface area (Å²) in [4.78, 5) is 5.56. The van der Waals surface area contributed by atoms with Gasteiger partial charge in [0.2, 0.25) is 0 Å². The van der Waals surface area contributed by atoms with Gasteiger partial charge >= 0.3 is 0 Å². The second-order valence-corrected chi connectivity index (χ2v) is 23.6. The van der Waals surface area contributed by atoms with Gasteiger partial charge in [-0.1, -0.05) is 19.0 Å². The quantitative estimate of drug-likeness (QED) is 0.273. The van der Waals surface area contributed by atoms with Crippen molar-refractivity contribution >= 4 is 22.3 Å². The predicted molar refractivity (Wildman–Crippen MR) is 147 cm³/mol. The van der Waals surface area contributed by atoms with Crippen molar-refractivity contribution in [2.24, 2.45) is 45.6 Å². The van der Waals surface area contributed by atoms with Gasteiger partial charge in [0.1, 0.15) is 7.11 Å². The lowest BCUT2D eigenvalue weighted by atomic mass is 9.44. The minimum Gasteiger partial charge on any atom is -0.415 e. The van der Waals surface area contributed by atoms with Gasteiger partial charge in [0.15, 0.2) is 16.6 Å². The summed E-state index contributed by atoms with van der Waals surface area (Å²) in [6.07, 6.45) is 11.0. The van der Waals surface area contributed by atoms with Crippen molar-refractivity contribution in [2.75, 3.05) is 7.11 Å². The average Bonchev–Trinajstić information content (AvgIpc) is 3.02. The van der Waals surface area contributed by atoms with Crippen LogP contribution in [0.3, 0.4) is 0 Å². The molecule has 0 aromatic heterocycles. The molecule has 4 rings (SSSR count). The molecule has 196 valence electrons. The lowest BCUT2D eigenvalue weighted by Gasteiger charge is -2.61. The second kappa shape index (κ2) is 9.29. The fraction of sp³-hybridized carbons (Fsp3) is 0.964. The van der Waals surface area contributed by atoms with Gasteiger partial charge < -0.3 is 13.7 Å². The number of rotatable bonds is 6. The van der Waals surface area contributed by atoms with Crippen LogP contribution in [0.15, 0.2) is 5.16 Å². The van der Waals surface area contributed by atoms with Gasteiger partial charge in [-0.25, -0.2) is 0 Å². The molecule has 0 aromatic rings. The number of fused-ring (bicyclic) bond motifs is 5. The number of hydrogen-bond acceptors (Lipinski definition) is 4. The van der Waals surface area contributed by atoms with E-state index in [1.54, 1.807) is 7.11 Å². The monoisotopic (exact) mass is 507 g/mol. The van der Waals surface area contributed by atoms with E-state index in [1.165, 1.54) is 50.7 Å². The van der Waals surface area contributed by atoms with Crippen molar-refractivity contribution in [3.05, 3.63) is 0 Å². The Morgan fingerprint density at radius 2 is 1.62 bits per heavy atom. The Hall–Kier alpha value is -0.176. The van der Waals surface area contributed by atoms with Crippen molar-refractivity contribution < 1.29 is 13.7 Å². The third kappa shape index (κ3) is 4.99. The molecule has 0 heterocycles. The molecule has 0 amide bonds. The van der Waals surface area contributed by atoms with Gasteiger partial charge in [0, 0.05) is 18.1 Å². The highest BCUT2D eigenvalue weighted by Crippen LogP contribution is 2.67. The van der Waals surface area contributed by atoms with Gasteiger partial charge in [-0.3, -0.25) is 0 Å². The van der Waals surface area contributed by atoms with E-state index in [4.69, 9.17) is 18.8 Å². The molecule has 34 heavy (non-hydrogen) atoms. The Morgan fingerprint density at radius 1 is 0.912 bits per heavy atom. The summed E-state index contributed by atoms with van der Waals surface area (Å²) in [5.41, 5.74) is 1.98. The minimum atomic E-state index is -1.57. The van der Waals surface area contributed by atoms with Crippen molar-refractivity contribution in [3.63, 3.8) is 0 Å². The summed E-state index contributed by atoms with van der Waals surface area (Å²) < 4.78 is 13.3. The fourth-order valence-corrected chi connectivity index (χ4v) is 11.8. The molecule has 4 aliphatic carbocycles. The first-order valence-electron chi connectivity index (χ1n) is 14.1. The Labute approximate surface area is 212 Å². The van der Waals surface area contributed by atoms with E-state index >= 15 is 0 Å². The van der Waals surface area contributed by atoms with E-state index in [2.05, 4.69) is 60.1 Å².